The molecule has 0 atom stereocenters. The molecular weight excluding hydrogens is 321 g/mol. The van der Waals surface area contributed by atoms with E-state index in [4.69, 9.17) is 4.52 Å². The van der Waals surface area contributed by atoms with Crippen molar-refractivity contribution in [3.8, 4) is 11.4 Å². The molecule has 0 spiro atoms. The lowest BCUT2D eigenvalue weighted by Crippen LogP contribution is -2.31. The number of benzene rings is 2. The van der Waals surface area contributed by atoms with Crippen molar-refractivity contribution >= 4 is 5.91 Å². The second kappa shape index (κ2) is 7.25. The Balaban J connectivity index is 1.79. The lowest BCUT2D eigenvalue weighted by Gasteiger charge is -2.19. The quantitative estimate of drug-likeness (QED) is 0.708. The number of nitrogens with zero attached hydrogens (tertiary/aromatic N) is 3. The molecule has 5 nitrogen and oxygen atoms in total. The SMILES string of the molecule is CCN(Cc1nc(-c2cccc(C)c2)no1)C(=O)c1ccccc1F. The lowest BCUT2D eigenvalue weighted by molar-refractivity contribution is 0.0730. The average molecular weight is 339 g/mol. The van der Waals surface area contributed by atoms with Gasteiger partial charge in [-0.1, -0.05) is 41.1 Å². The van der Waals surface area contributed by atoms with Gasteiger partial charge in [0.25, 0.3) is 5.91 Å². The minimum absolute atomic E-state index is 0.0303. The predicted molar refractivity (Wildman–Crippen MR) is 91.3 cm³/mol. The number of aromatic nitrogens is 2. The third kappa shape index (κ3) is 3.74. The molecule has 0 saturated heterocycles. The molecule has 1 heterocycles. The Hall–Kier alpha value is -3.02. The first kappa shape index (κ1) is 16.8. The van der Waals surface area contributed by atoms with Gasteiger partial charge in [-0.15, -0.1) is 0 Å². The summed E-state index contributed by atoms with van der Waals surface area (Å²) in [5.41, 5.74) is 1.97. The van der Waals surface area contributed by atoms with Gasteiger partial charge < -0.3 is 9.42 Å². The van der Waals surface area contributed by atoms with Crippen LogP contribution in [0, 0.1) is 12.7 Å². The third-order valence-electron chi connectivity index (χ3n) is 3.84. The van der Waals surface area contributed by atoms with Crippen LogP contribution in [0.5, 0.6) is 0 Å². The maximum atomic E-state index is 13.8. The van der Waals surface area contributed by atoms with Crippen LogP contribution in [0.3, 0.4) is 0 Å². The van der Waals surface area contributed by atoms with E-state index >= 15 is 0 Å². The summed E-state index contributed by atoms with van der Waals surface area (Å²) in [6, 6.07) is 13.7. The van der Waals surface area contributed by atoms with Crippen molar-refractivity contribution in [1.82, 2.24) is 15.0 Å². The molecule has 0 fully saturated rings. The van der Waals surface area contributed by atoms with Gasteiger partial charge in [0.2, 0.25) is 11.7 Å². The fraction of sp³-hybridized carbons (Fsp3) is 0.211. The summed E-state index contributed by atoms with van der Waals surface area (Å²) >= 11 is 0. The molecular formula is C19H18FN3O2. The van der Waals surface area contributed by atoms with Crippen molar-refractivity contribution < 1.29 is 13.7 Å². The number of carbonyl (C=O) groups excluding carboxylic acids is 1. The van der Waals surface area contributed by atoms with Crippen molar-refractivity contribution in [2.45, 2.75) is 20.4 Å². The average Bonchev–Trinajstić information content (AvgIpc) is 3.08. The van der Waals surface area contributed by atoms with E-state index in [1.807, 2.05) is 38.1 Å². The van der Waals surface area contributed by atoms with E-state index in [1.165, 1.54) is 17.0 Å². The third-order valence-corrected chi connectivity index (χ3v) is 3.84. The second-order valence-electron chi connectivity index (χ2n) is 5.68. The van der Waals surface area contributed by atoms with E-state index in [9.17, 15) is 9.18 Å². The summed E-state index contributed by atoms with van der Waals surface area (Å²) in [6.45, 7) is 4.32. The molecule has 0 N–H and O–H groups in total. The van der Waals surface area contributed by atoms with Crippen LogP contribution in [0.15, 0.2) is 53.1 Å². The number of carbonyl (C=O) groups is 1. The summed E-state index contributed by atoms with van der Waals surface area (Å²) in [5, 5.41) is 3.97. The van der Waals surface area contributed by atoms with Crippen molar-refractivity contribution in [1.29, 1.82) is 0 Å². The molecule has 1 amide bonds. The van der Waals surface area contributed by atoms with Gasteiger partial charge >= 0.3 is 0 Å². The van der Waals surface area contributed by atoms with Gasteiger partial charge in [0, 0.05) is 12.1 Å². The van der Waals surface area contributed by atoms with Gasteiger partial charge in [0.15, 0.2) is 0 Å². The van der Waals surface area contributed by atoms with Gasteiger partial charge in [0.1, 0.15) is 12.4 Å². The first-order valence-corrected chi connectivity index (χ1v) is 8.02. The molecule has 6 heteroatoms. The Morgan fingerprint density at radius 3 is 2.72 bits per heavy atom. The highest BCUT2D eigenvalue weighted by molar-refractivity contribution is 5.94. The fourth-order valence-electron chi connectivity index (χ4n) is 2.52. The van der Waals surface area contributed by atoms with E-state index in [1.54, 1.807) is 12.1 Å². The molecule has 0 aliphatic carbocycles. The standard InChI is InChI=1S/C19H18FN3O2/c1-3-23(19(24)15-9-4-5-10-16(15)20)12-17-21-18(22-25-17)14-8-6-7-13(2)11-14/h4-11H,3,12H2,1-2H3. The van der Waals surface area contributed by atoms with Crippen LogP contribution in [-0.2, 0) is 6.54 Å². The van der Waals surface area contributed by atoms with Crippen LogP contribution in [0.25, 0.3) is 11.4 Å². The Morgan fingerprint density at radius 1 is 1.20 bits per heavy atom. The molecule has 25 heavy (non-hydrogen) atoms. The Morgan fingerprint density at radius 2 is 2.00 bits per heavy atom. The molecule has 0 radical (unpaired) electrons. The van der Waals surface area contributed by atoms with Crippen molar-refractivity contribution in [2.24, 2.45) is 0 Å². The van der Waals surface area contributed by atoms with Crippen LogP contribution in [0.4, 0.5) is 4.39 Å². The zero-order chi connectivity index (χ0) is 17.8. The largest absolute Gasteiger partial charge is 0.337 e. The first-order chi connectivity index (χ1) is 12.1. The molecule has 1 aromatic heterocycles. The number of aryl methyl sites for hydroxylation is 1. The van der Waals surface area contributed by atoms with Gasteiger partial charge in [-0.05, 0) is 32.0 Å². The molecule has 3 rings (SSSR count). The molecule has 0 saturated carbocycles. The summed E-state index contributed by atoms with van der Waals surface area (Å²) in [7, 11) is 0. The van der Waals surface area contributed by atoms with Crippen LogP contribution >= 0.6 is 0 Å². The minimum atomic E-state index is -0.545. The molecule has 2 aromatic carbocycles. The highest BCUT2D eigenvalue weighted by Gasteiger charge is 2.20. The normalized spacial score (nSPS) is 10.7. The van der Waals surface area contributed by atoms with Gasteiger partial charge in [0.05, 0.1) is 5.56 Å². The highest BCUT2D eigenvalue weighted by atomic mass is 19.1. The van der Waals surface area contributed by atoms with Crippen LogP contribution in [0.1, 0.15) is 28.7 Å². The topological polar surface area (TPSA) is 59.2 Å². The fourth-order valence-corrected chi connectivity index (χ4v) is 2.52. The number of hydrogen-bond acceptors (Lipinski definition) is 4. The van der Waals surface area contributed by atoms with E-state index < -0.39 is 11.7 Å². The molecule has 0 aliphatic heterocycles. The summed E-state index contributed by atoms with van der Waals surface area (Å²) in [5.74, 6) is -0.177. The van der Waals surface area contributed by atoms with E-state index in [0.717, 1.165) is 11.1 Å². The Labute approximate surface area is 145 Å². The molecule has 0 unspecified atom stereocenters. The molecule has 0 bridgehead atoms. The maximum Gasteiger partial charge on any atom is 0.257 e. The monoisotopic (exact) mass is 339 g/mol. The number of halogens is 1. The summed E-state index contributed by atoms with van der Waals surface area (Å²) < 4.78 is 19.1. The van der Waals surface area contributed by atoms with Gasteiger partial charge in [-0.3, -0.25) is 4.79 Å². The van der Waals surface area contributed by atoms with Crippen LogP contribution in [0.2, 0.25) is 0 Å². The Kier molecular flexibility index (Phi) is 4.88. The van der Waals surface area contributed by atoms with Crippen molar-refractivity contribution in [3.05, 3.63) is 71.4 Å². The van der Waals surface area contributed by atoms with Crippen molar-refractivity contribution in [3.63, 3.8) is 0 Å². The second-order valence-corrected chi connectivity index (χ2v) is 5.68. The summed E-state index contributed by atoms with van der Waals surface area (Å²) in [6.07, 6.45) is 0. The summed E-state index contributed by atoms with van der Waals surface area (Å²) in [4.78, 5) is 18.3. The number of amides is 1. The zero-order valence-corrected chi connectivity index (χ0v) is 14.1. The van der Waals surface area contributed by atoms with E-state index in [2.05, 4.69) is 10.1 Å². The van der Waals surface area contributed by atoms with Crippen LogP contribution in [-0.4, -0.2) is 27.5 Å². The van der Waals surface area contributed by atoms with Crippen molar-refractivity contribution in [2.75, 3.05) is 6.54 Å². The lowest BCUT2D eigenvalue weighted by atomic mass is 10.1. The Bertz CT molecular complexity index is 892. The number of hydrogen-bond donors (Lipinski definition) is 0. The van der Waals surface area contributed by atoms with Gasteiger partial charge in [-0.2, -0.15) is 4.98 Å². The molecule has 0 aliphatic rings. The minimum Gasteiger partial charge on any atom is -0.337 e. The zero-order valence-electron chi connectivity index (χ0n) is 14.1. The smallest absolute Gasteiger partial charge is 0.257 e. The molecule has 128 valence electrons. The van der Waals surface area contributed by atoms with Crippen LogP contribution < -0.4 is 0 Å². The predicted octanol–water partition coefficient (Wildman–Crippen LogP) is 3.85. The van der Waals surface area contributed by atoms with E-state index in [0.29, 0.717) is 18.3 Å². The maximum absolute atomic E-state index is 13.8. The van der Waals surface area contributed by atoms with Gasteiger partial charge in [-0.25, -0.2) is 4.39 Å². The highest BCUT2D eigenvalue weighted by Crippen LogP contribution is 2.18. The number of rotatable bonds is 5. The first-order valence-electron chi connectivity index (χ1n) is 8.02. The molecule has 3 aromatic rings. The van der Waals surface area contributed by atoms with E-state index in [-0.39, 0.29) is 12.1 Å².